The molecule has 8 nitrogen and oxygen atoms in total. The average molecular weight is 529 g/mol. The van der Waals surface area contributed by atoms with E-state index in [1.165, 1.54) is 12.1 Å². The van der Waals surface area contributed by atoms with E-state index in [1.807, 2.05) is 24.3 Å². The van der Waals surface area contributed by atoms with Crippen LogP contribution < -0.4 is 15.4 Å². The number of hydrogen-bond acceptors (Lipinski definition) is 6. The molecule has 0 aliphatic rings. The summed E-state index contributed by atoms with van der Waals surface area (Å²) in [6.45, 7) is 5.25. The average Bonchev–Trinajstić information content (AvgIpc) is 2.90. The van der Waals surface area contributed by atoms with E-state index < -0.39 is 23.6 Å². The molecular formula is C30H29FN4O4. The molecule has 0 spiro atoms. The molecule has 0 aliphatic heterocycles. The molecule has 39 heavy (non-hydrogen) atoms. The third-order valence-corrected chi connectivity index (χ3v) is 5.37. The van der Waals surface area contributed by atoms with Gasteiger partial charge in [0, 0.05) is 24.4 Å². The highest BCUT2D eigenvalue weighted by Crippen LogP contribution is 2.26. The predicted octanol–water partition coefficient (Wildman–Crippen LogP) is 6.15. The number of amides is 2. The molecule has 0 fully saturated rings. The molecular weight excluding hydrogens is 499 g/mol. The first-order valence-electron chi connectivity index (χ1n) is 12.3. The van der Waals surface area contributed by atoms with E-state index in [0.717, 1.165) is 11.1 Å². The van der Waals surface area contributed by atoms with Crippen LogP contribution in [0.3, 0.4) is 0 Å². The summed E-state index contributed by atoms with van der Waals surface area (Å²) < 4.78 is 24.2. The highest BCUT2D eigenvalue weighted by molar-refractivity contribution is 5.96. The highest BCUT2D eigenvalue weighted by Gasteiger charge is 2.25. The number of halogens is 1. The van der Waals surface area contributed by atoms with Crippen molar-refractivity contribution >= 4 is 17.8 Å². The second-order valence-electron chi connectivity index (χ2n) is 9.74. The maximum Gasteiger partial charge on any atom is 0.408 e. The number of anilines is 1. The zero-order chi connectivity index (χ0) is 27.8. The van der Waals surface area contributed by atoms with Crippen molar-refractivity contribution in [2.75, 3.05) is 5.32 Å². The number of pyridine rings is 2. The van der Waals surface area contributed by atoms with Crippen LogP contribution in [0.1, 0.15) is 26.3 Å². The highest BCUT2D eigenvalue weighted by atomic mass is 19.1. The van der Waals surface area contributed by atoms with Crippen molar-refractivity contribution in [2.24, 2.45) is 0 Å². The normalized spacial score (nSPS) is 11.8. The molecule has 200 valence electrons. The van der Waals surface area contributed by atoms with E-state index in [2.05, 4.69) is 20.6 Å². The van der Waals surface area contributed by atoms with Crippen molar-refractivity contribution in [1.29, 1.82) is 0 Å². The van der Waals surface area contributed by atoms with Gasteiger partial charge in [-0.25, -0.2) is 14.2 Å². The Bertz CT molecular complexity index is 1410. The molecule has 1 atom stereocenters. The summed E-state index contributed by atoms with van der Waals surface area (Å²) in [4.78, 5) is 34.3. The van der Waals surface area contributed by atoms with Crippen molar-refractivity contribution < 1.29 is 23.5 Å². The van der Waals surface area contributed by atoms with Crippen molar-refractivity contribution in [2.45, 2.75) is 38.8 Å². The zero-order valence-electron chi connectivity index (χ0n) is 21.9. The van der Waals surface area contributed by atoms with Crippen LogP contribution in [0.2, 0.25) is 0 Å². The summed E-state index contributed by atoms with van der Waals surface area (Å²) in [5.41, 5.74) is 1.49. The van der Waals surface area contributed by atoms with E-state index in [1.54, 1.807) is 75.6 Å². The van der Waals surface area contributed by atoms with Crippen molar-refractivity contribution in [3.05, 3.63) is 103 Å². The van der Waals surface area contributed by atoms with Crippen LogP contribution in [-0.2, 0) is 16.0 Å². The standard InChI is InChI=1S/C30H29FN4O4/c1-30(2,3)39-29(37)34-26(18-20-6-5-17-32-19-20)28(36)35-27-8-4-7-25(33-27)21-9-13-23(14-10-21)38-24-15-11-22(31)12-16-24/h4-17,19,26H,18H2,1-3H3,(H,34,37)(H,33,35,36). The van der Waals surface area contributed by atoms with Crippen LogP contribution in [0.4, 0.5) is 15.0 Å². The second-order valence-corrected chi connectivity index (χ2v) is 9.74. The van der Waals surface area contributed by atoms with Gasteiger partial charge in [-0.1, -0.05) is 12.1 Å². The Morgan fingerprint density at radius 3 is 2.26 bits per heavy atom. The van der Waals surface area contributed by atoms with Crippen LogP contribution in [0.5, 0.6) is 11.5 Å². The van der Waals surface area contributed by atoms with Crippen molar-refractivity contribution in [1.82, 2.24) is 15.3 Å². The molecule has 2 amide bonds. The largest absolute Gasteiger partial charge is 0.457 e. The van der Waals surface area contributed by atoms with Gasteiger partial charge in [0.2, 0.25) is 5.91 Å². The summed E-state index contributed by atoms with van der Waals surface area (Å²) in [5, 5.41) is 5.45. The topological polar surface area (TPSA) is 102 Å². The summed E-state index contributed by atoms with van der Waals surface area (Å²) in [6, 6.07) is 20.9. The first kappa shape index (κ1) is 27.3. The molecule has 4 aromatic rings. The predicted molar refractivity (Wildman–Crippen MR) is 146 cm³/mol. The summed E-state index contributed by atoms with van der Waals surface area (Å²) in [6.07, 6.45) is 2.79. The van der Waals surface area contributed by atoms with Crippen LogP contribution in [-0.4, -0.2) is 33.6 Å². The number of nitrogens with zero attached hydrogens (tertiary/aromatic N) is 2. The lowest BCUT2D eigenvalue weighted by molar-refractivity contribution is -0.118. The molecule has 4 rings (SSSR count). The number of nitrogens with one attached hydrogen (secondary N) is 2. The van der Waals surface area contributed by atoms with Gasteiger partial charge in [0.25, 0.3) is 0 Å². The molecule has 1 unspecified atom stereocenters. The summed E-state index contributed by atoms with van der Waals surface area (Å²) in [5.74, 6) is 0.651. The van der Waals surface area contributed by atoms with Gasteiger partial charge in [-0.15, -0.1) is 0 Å². The van der Waals surface area contributed by atoms with Gasteiger partial charge in [0.1, 0.15) is 34.8 Å². The van der Waals surface area contributed by atoms with Gasteiger partial charge < -0.3 is 20.1 Å². The monoisotopic (exact) mass is 528 g/mol. The van der Waals surface area contributed by atoms with E-state index in [-0.39, 0.29) is 12.2 Å². The fourth-order valence-electron chi connectivity index (χ4n) is 3.62. The van der Waals surface area contributed by atoms with Gasteiger partial charge in [-0.05, 0) is 93.1 Å². The zero-order valence-corrected chi connectivity index (χ0v) is 21.9. The van der Waals surface area contributed by atoms with Crippen LogP contribution in [0.15, 0.2) is 91.3 Å². The molecule has 0 saturated heterocycles. The van der Waals surface area contributed by atoms with E-state index in [0.29, 0.717) is 23.0 Å². The molecule has 2 aromatic carbocycles. The Kier molecular flexibility index (Phi) is 8.50. The molecule has 0 aliphatic carbocycles. The SMILES string of the molecule is CC(C)(C)OC(=O)NC(Cc1cccnc1)C(=O)Nc1cccc(-c2ccc(Oc3ccc(F)cc3)cc2)n1. The van der Waals surface area contributed by atoms with Gasteiger partial charge in [0.05, 0.1) is 5.69 Å². The van der Waals surface area contributed by atoms with Gasteiger partial charge in [-0.2, -0.15) is 0 Å². The third-order valence-electron chi connectivity index (χ3n) is 5.37. The number of rotatable bonds is 8. The minimum atomic E-state index is -0.919. The quantitative estimate of drug-likeness (QED) is 0.284. The third kappa shape index (κ3) is 8.36. The Hall–Kier alpha value is -4.79. The van der Waals surface area contributed by atoms with E-state index >= 15 is 0 Å². The minimum Gasteiger partial charge on any atom is -0.457 e. The fourth-order valence-corrected chi connectivity index (χ4v) is 3.62. The second kappa shape index (κ2) is 12.2. The molecule has 2 N–H and O–H groups in total. The van der Waals surface area contributed by atoms with E-state index in [4.69, 9.17) is 9.47 Å². The molecule has 2 aromatic heterocycles. The lowest BCUT2D eigenvalue weighted by Gasteiger charge is -2.23. The number of ether oxygens (including phenoxy) is 2. The molecule has 0 saturated carbocycles. The molecule has 9 heteroatoms. The number of benzene rings is 2. The lowest BCUT2D eigenvalue weighted by atomic mass is 10.1. The van der Waals surface area contributed by atoms with Crippen LogP contribution in [0.25, 0.3) is 11.3 Å². The van der Waals surface area contributed by atoms with Crippen molar-refractivity contribution in [3.63, 3.8) is 0 Å². The maximum atomic E-state index is 13.2. The van der Waals surface area contributed by atoms with E-state index in [9.17, 15) is 14.0 Å². The number of carbonyl (C=O) groups excluding carboxylic acids is 2. The Morgan fingerprint density at radius 1 is 0.923 bits per heavy atom. The van der Waals surface area contributed by atoms with Crippen LogP contribution in [0, 0.1) is 5.82 Å². The fraction of sp³-hybridized carbons (Fsp3) is 0.200. The van der Waals surface area contributed by atoms with Gasteiger partial charge >= 0.3 is 6.09 Å². The van der Waals surface area contributed by atoms with Crippen LogP contribution >= 0.6 is 0 Å². The number of aromatic nitrogens is 2. The lowest BCUT2D eigenvalue weighted by Crippen LogP contribution is -2.47. The Balaban J connectivity index is 1.46. The van der Waals surface area contributed by atoms with Gasteiger partial charge in [-0.3, -0.25) is 9.78 Å². The smallest absolute Gasteiger partial charge is 0.408 e. The summed E-state index contributed by atoms with van der Waals surface area (Å²) >= 11 is 0. The van der Waals surface area contributed by atoms with Crippen molar-refractivity contribution in [3.8, 4) is 22.8 Å². The number of carbonyl (C=O) groups is 2. The first-order chi connectivity index (χ1) is 18.6. The maximum absolute atomic E-state index is 13.2. The number of hydrogen-bond donors (Lipinski definition) is 2. The van der Waals surface area contributed by atoms with Gasteiger partial charge in [0.15, 0.2) is 0 Å². The molecule has 0 radical (unpaired) electrons. The molecule has 0 bridgehead atoms. The first-order valence-corrected chi connectivity index (χ1v) is 12.3. The minimum absolute atomic E-state index is 0.216. The molecule has 2 heterocycles. The summed E-state index contributed by atoms with van der Waals surface area (Å²) in [7, 11) is 0. The Labute approximate surface area is 226 Å². The Morgan fingerprint density at radius 2 is 1.62 bits per heavy atom. The number of alkyl carbamates (subject to hydrolysis) is 1.